The van der Waals surface area contributed by atoms with E-state index in [0.29, 0.717) is 18.2 Å². The molecule has 0 saturated carbocycles. The van der Waals surface area contributed by atoms with E-state index in [2.05, 4.69) is 6.92 Å². The average Bonchev–Trinajstić information content (AvgIpc) is 3.45. The molecule has 0 N–H and O–H groups in total. The summed E-state index contributed by atoms with van der Waals surface area (Å²) in [5, 5.41) is 1.47. The molecule has 1 aliphatic rings. The average molecular weight is 446 g/mol. The molecule has 0 spiro atoms. The van der Waals surface area contributed by atoms with Gasteiger partial charge in [0.2, 0.25) is 5.91 Å². The number of nitrogens with zero attached hydrogens (tertiary/aromatic N) is 3. The van der Waals surface area contributed by atoms with Crippen molar-refractivity contribution >= 4 is 39.2 Å². The van der Waals surface area contributed by atoms with Crippen LogP contribution in [0.2, 0.25) is 0 Å². The first-order valence-corrected chi connectivity index (χ1v) is 12.3. The van der Waals surface area contributed by atoms with Crippen LogP contribution >= 0.6 is 23.1 Å². The van der Waals surface area contributed by atoms with Crippen LogP contribution in [-0.4, -0.2) is 33.2 Å². The predicted octanol–water partition coefficient (Wildman–Crippen LogP) is 4.48. The molecule has 4 rings (SSSR count). The van der Waals surface area contributed by atoms with E-state index in [4.69, 9.17) is 9.40 Å². The lowest BCUT2D eigenvalue weighted by Crippen LogP contribution is -2.28. The van der Waals surface area contributed by atoms with Crippen LogP contribution in [0.1, 0.15) is 48.8 Å². The highest BCUT2D eigenvalue weighted by Crippen LogP contribution is 2.35. The minimum Gasteiger partial charge on any atom is -0.467 e. The van der Waals surface area contributed by atoms with Gasteiger partial charge in [0.05, 0.1) is 23.9 Å². The van der Waals surface area contributed by atoms with Crippen LogP contribution in [0.15, 0.2) is 32.8 Å². The number of thiophene rings is 1. The Morgan fingerprint density at radius 2 is 2.23 bits per heavy atom. The third-order valence-corrected chi connectivity index (χ3v) is 7.65. The molecular weight excluding hydrogens is 418 g/mol. The van der Waals surface area contributed by atoms with E-state index >= 15 is 0 Å². The first-order chi connectivity index (χ1) is 14.6. The monoisotopic (exact) mass is 445 g/mol. The molecule has 0 unspecified atom stereocenters. The molecule has 0 aliphatic heterocycles. The number of amides is 1. The number of fused-ring (bicyclic) bond motifs is 3. The third-order valence-electron chi connectivity index (χ3n) is 5.50. The van der Waals surface area contributed by atoms with Crippen molar-refractivity contribution < 1.29 is 9.21 Å². The number of carbonyl (C=O) groups is 1. The summed E-state index contributed by atoms with van der Waals surface area (Å²) >= 11 is 3.01. The number of hydrogen-bond donors (Lipinski definition) is 0. The second-order valence-corrected chi connectivity index (χ2v) is 9.74. The van der Waals surface area contributed by atoms with E-state index in [9.17, 15) is 9.59 Å². The maximum Gasteiger partial charge on any atom is 0.263 e. The van der Waals surface area contributed by atoms with Crippen LogP contribution < -0.4 is 5.56 Å². The van der Waals surface area contributed by atoms with E-state index in [1.807, 2.05) is 12.1 Å². The van der Waals surface area contributed by atoms with Crippen LogP contribution in [0.25, 0.3) is 10.2 Å². The molecule has 0 fully saturated rings. The standard InChI is InChI=1S/C22H27N3O3S2/c1-3-4-5-11-25-21(27)19-16-9-6-10-17(16)30-20(19)23-22(25)29-14-18(26)24(2)13-15-8-7-12-28-15/h7-8,12H,3-6,9-11,13-14H2,1-2H3. The Bertz CT molecular complexity index is 1090. The van der Waals surface area contributed by atoms with Crippen molar-refractivity contribution in [2.45, 2.75) is 63.7 Å². The summed E-state index contributed by atoms with van der Waals surface area (Å²) < 4.78 is 7.13. The lowest BCUT2D eigenvalue weighted by molar-refractivity contribution is -0.127. The summed E-state index contributed by atoms with van der Waals surface area (Å²) in [7, 11) is 1.76. The molecule has 3 heterocycles. The molecule has 1 amide bonds. The van der Waals surface area contributed by atoms with Crippen molar-refractivity contribution in [3.05, 3.63) is 45.0 Å². The Morgan fingerprint density at radius 1 is 1.37 bits per heavy atom. The number of thioether (sulfide) groups is 1. The molecule has 160 valence electrons. The van der Waals surface area contributed by atoms with Gasteiger partial charge in [0.25, 0.3) is 5.56 Å². The van der Waals surface area contributed by atoms with Gasteiger partial charge in [0.15, 0.2) is 5.16 Å². The Kier molecular flexibility index (Phi) is 6.63. The van der Waals surface area contributed by atoms with Crippen molar-refractivity contribution in [2.75, 3.05) is 12.8 Å². The van der Waals surface area contributed by atoms with Gasteiger partial charge in [0, 0.05) is 18.5 Å². The fraction of sp³-hybridized carbons (Fsp3) is 0.500. The van der Waals surface area contributed by atoms with Gasteiger partial charge in [-0.1, -0.05) is 31.5 Å². The number of rotatable bonds is 9. The molecule has 30 heavy (non-hydrogen) atoms. The number of unbranched alkanes of at least 4 members (excludes halogenated alkanes) is 2. The topological polar surface area (TPSA) is 68.3 Å². The zero-order valence-electron chi connectivity index (χ0n) is 17.5. The number of aryl methyl sites for hydroxylation is 2. The summed E-state index contributed by atoms with van der Waals surface area (Å²) in [6, 6.07) is 3.67. The van der Waals surface area contributed by atoms with Crippen molar-refractivity contribution in [3.63, 3.8) is 0 Å². The van der Waals surface area contributed by atoms with Gasteiger partial charge in [-0.15, -0.1) is 11.3 Å². The lowest BCUT2D eigenvalue weighted by Gasteiger charge is -2.16. The molecular formula is C22H27N3O3S2. The van der Waals surface area contributed by atoms with Crippen molar-refractivity contribution in [3.8, 4) is 0 Å². The number of aromatic nitrogens is 2. The normalized spacial score (nSPS) is 13.1. The van der Waals surface area contributed by atoms with Crippen molar-refractivity contribution in [2.24, 2.45) is 0 Å². The van der Waals surface area contributed by atoms with Gasteiger partial charge in [-0.3, -0.25) is 14.2 Å². The van der Waals surface area contributed by atoms with Gasteiger partial charge in [0.1, 0.15) is 10.6 Å². The van der Waals surface area contributed by atoms with Gasteiger partial charge in [-0.25, -0.2) is 4.98 Å². The van der Waals surface area contributed by atoms with Gasteiger partial charge >= 0.3 is 0 Å². The Balaban J connectivity index is 1.56. The molecule has 0 saturated heterocycles. The number of furan rings is 1. The summed E-state index contributed by atoms with van der Waals surface area (Å²) in [4.78, 5) is 34.6. The Morgan fingerprint density at radius 3 is 3.00 bits per heavy atom. The highest BCUT2D eigenvalue weighted by molar-refractivity contribution is 7.99. The second kappa shape index (κ2) is 9.39. The zero-order valence-corrected chi connectivity index (χ0v) is 19.1. The Labute approximate surface area is 184 Å². The first kappa shape index (κ1) is 21.2. The van der Waals surface area contributed by atoms with E-state index in [1.54, 1.807) is 34.1 Å². The first-order valence-electron chi connectivity index (χ1n) is 10.5. The van der Waals surface area contributed by atoms with E-state index in [-0.39, 0.29) is 17.2 Å². The highest BCUT2D eigenvalue weighted by atomic mass is 32.2. The molecule has 1 aliphatic carbocycles. The lowest BCUT2D eigenvalue weighted by atomic mass is 10.2. The minimum absolute atomic E-state index is 0.0143. The third kappa shape index (κ3) is 4.34. The minimum atomic E-state index is -0.0143. The molecule has 3 aromatic rings. The van der Waals surface area contributed by atoms with Crippen LogP contribution in [0.4, 0.5) is 0 Å². The van der Waals surface area contributed by atoms with Crippen molar-refractivity contribution in [1.82, 2.24) is 14.5 Å². The fourth-order valence-corrected chi connectivity index (χ4v) is 6.11. The summed E-state index contributed by atoms with van der Waals surface area (Å²) in [5.74, 6) is 0.980. The summed E-state index contributed by atoms with van der Waals surface area (Å²) in [6.07, 6.45) is 7.86. The second-order valence-electron chi connectivity index (χ2n) is 7.71. The van der Waals surface area contributed by atoms with Crippen molar-refractivity contribution in [1.29, 1.82) is 0 Å². The maximum atomic E-state index is 13.4. The largest absolute Gasteiger partial charge is 0.467 e. The summed E-state index contributed by atoms with van der Waals surface area (Å²) in [6.45, 7) is 3.23. The van der Waals surface area contributed by atoms with Gasteiger partial charge < -0.3 is 9.32 Å². The van der Waals surface area contributed by atoms with Gasteiger partial charge in [-0.05, 0) is 43.4 Å². The van der Waals surface area contributed by atoms with E-state index < -0.39 is 0 Å². The molecule has 8 heteroatoms. The smallest absolute Gasteiger partial charge is 0.263 e. The summed E-state index contributed by atoms with van der Waals surface area (Å²) in [5.41, 5.74) is 1.27. The zero-order chi connectivity index (χ0) is 21.1. The van der Waals surface area contributed by atoms with Crippen LogP contribution in [0.5, 0.6) is 0 Å². The molecule has 6 nitrogen and oxygen atoms in total. The highest BCUT2D eigenvalue weighted by Gasteiger charge is 2.23. The molecule has 3 aromatic heterocycles. The molecule has 0 atom stereocenters. The Hall–Kier alpha value is -2.06. The molecule has 0 aromatic carbocycles. The molecule has 0 radical (unpaired) electrons. The van der Waals surface area contributed by atoms with E-state index in [1.165, 1.54) is 22.2 Å². The maximum absolute atomic E-state index is 13.4. The molecule has 0 bridgehead atoms. The van der Waals surface area contributed by atoms with Crippen LogP contribution in [0, 0.1) is 0 Å². The van der Waals surface area contributed by atoms with Gasteiger partial charge in [-0.2, -0.15) is 0 Å². The van der Waals surface area contributed by atoms with Crippen LogP contribution in [-0.2, 0) is 30.7 Å². The number of carbonyl (C=O) groups excluding carboxylic acids is 1. The van der Waals surface area contributed by atoms with Crippen LogP contribution in [0.3, 0.4) is 0 Å². The quantitative estimate of drug-likeness (QED) is 0.276. The van der Waals surface area contributed by atoms with E-state index in [0.717, 1.165) is 54.5 Å². The SMILES string of the molecule is CCCCCn1c(SCC(=O)N(C)Cc2ccco2)nc2sc3c(c2c1=O)CCC3. The predicted molar refractivity (Wildman–Crippen MR) is 121 cm³/mol. The fourth-order valence-electron chi connectivity index (χ4n) is 3.85. The number of hydrogen-bond acceptors (Lipinski definition) is 6.